The van der Waals surface area contributed by atoms with Gasteiger partial charge in [0.25, 0.3) is 0 Å². The number of rotatable bonds is 3. The molecule has 2 aliphatic rings. The summed E-state index contributed by atoms with van der Waals surface area (Å²) in [5, 5.41) is 0. The topological polar surface area (TPSA) is 0 Å². The van der Waals surface area contributed by atoms with E-state index in [1.807, 2.05) is 3.28 Å². The van der Waals surface area contributed by atoms with E-state index in [1.165, 1.54) is 22.3 Å². The average molecular weight is 561 g/mol. The molecule has 0 bridgehead atoms. The minimum absolute atomic E-state index is 0. The summed E-state index contributed by atoms with van der Waals surface area (Å²) in [6.45, 7) is 19.6. The van der Waals surface area contributed by atoms with Gasteiger partial charge < -0.3 is 24.8 Å². The number of fused-ring (bicyclic) bond motifs is 1. The maximum absolute atomic E-state index is 2.61. The van der Waals surface area contributed by atoms with Crippen LogP contribution in [0.15, 0.2) is 74.1 Å². The molecule has 2 aliphatic carbocycles. The Kier molecular flexibility index (Phi) is 9.25. The Morgan fingerprint density at radius 3 is 1.91 bits per heavy atom. The van der Waals surface area contributed by atoms with Crippen LogP contribution in [-0.2, 0) is 20.4 Å². The van der Waals surface area contributed by atoms with Gasteiger partial charge >= 0.3 is 192 Å². The zero-order valence-corrected chi connectivity index (χ0v) is 25.5. The van der Waals surface area contributed by atoms with Crippen molar-refractivity contribution in [2.24, 2.45) is 5.92 Å². The zero-order valence-electron chi connectivity index (χ0n) is 20.5. The summed E-state index contributed by atoms with van der Waals surface area (Å²) in [5.74, 6) is 0.654. The third kappa shape index (κ3) is 4.38. The monoisotopic (exact) mass is 558 g/mol. The smallest absolute Gasteiger partial charge is 1.00 e. The Bertz CT molecular complexity index is 1170. The summed E-state index contributed by atoms with van der Waals surface area (Å²) in [6.07, 6.45) is 0. The molecule has 0 N–H and O–H groups in total. The van der Waals surface area contributed by atoms with Gasteiger partial charge in [0.05, 0.1) is 0 Å². The van der Waals surface area contributed by atoms with E-state index < -0.39 is 20.4 Å². The number of aryl methyl sites for hydroxylation is 1. The van der Waals surface area contributed by atoms with Crippen molar-refractivity contribution in [2.75, 3.05) is 0 Å². The standard InChI is InChI=1S/C17H15.C9H13.C2H6Si.2ClH.Zr/c1-12-7-6-10-15-11-13(2)17(16(12)15)14-8-4-3-5-9-14;1-6-5-7(2)9(4)8(6)3;1-3-2;;;/h3-11H,1-2H3;6H,1-4H3;1-2H3;2*1H;/q;;;;;+2/p-2. The van der Waals surface area contributed by atoms with Crippen molar-refractivity contribution >= 4 is 11.0 Å². The van der Waals surface area contributed by atoms with Gasteiger partial charge in [-0.05, 0) is 0 Å². The second-order valence-electron chi connectivity index (χ2n) is 9.38. The van der Waals surface area contributed by atoms with Crippen molar-refractivity contribution < 1.29 is 45.2 Å². The van der Waals surface area contributed by atoms with Crippen LogP contribution in [0.25, 0.3) is 5.57 Å². The molecule has 0 fully saturated rings. The van der Waals surface area contributed by atoms with E-state index in [4.69, 9.17) is 0 Å². The molecule has 0 radical (unpaired) electrons. The fourth-order valence-corrected chi connectivity index (χ4v) is 26.3. The SMILES string of the molecule is CC1=C(C)C(C)[C]([Zr+2]([CH]2C(C)=C(c3ccccc3)c3c(C)cccc32)=[Si](C)C)=C1C.[Cl-].[Cl-]. The normalized spacial score (nSPS) is 19.3. The average Bonchev–Trinajstić information content (AvgIpc) is 3.12. The van der Waals surface area contributed by atoms with E-state index in [-0.39, 0.29) is 30.2 Å². The quantitative estimate of drug-likeness (QED) is 0.504. The molecule has 168 valence electrons. The molecule has 2 aromatic carbocycles. The predicted molar refractivity (Wildman–Crippen MR) is 130 cm³/mol. The number of hydrogen-bond donors (Lipinski definition) is 0. The molecular formula is C28H34Cl2SiZr. The largest absolute Gasteiger partial charge is 1.00 e. The Labute approximate surface area is 215 Å². The number of halogens is 2. The van der Waals surface area contributed by atoms with E-state index >= 15 is 0 Å². The fraction of sp³-hybridized carbons (Fsp3) is 0.357. The van der Waals surface area contributed by atoms with E-state index in [0.717, 1.165) is 0 Å². The van der Waals surface area contributed by atoms with E-state index in [1.54, 1.807) is 27.9 Å². The van der Waals surface area contributed by atoms with Gasteiger partial charge in [0.15, 0.2) is 0 Å². The molecule has 0 aliphatic heterocycles. The van der Waals surface area contributed by atoms with Gasteiger partial charge in [-0.15, -0.1) is 0 Å². The molecule has 4 rings (SSSR count). The molecule has 0 saturated heterocycles. The molecule has 0 heterocycles. The van der Waals surface area contributed by atoms with E-state index in [2.05, 4.69) is 103 Å². The van der Waals surface area contributed by atoms with Gasteiger partial charge in [-0.1, -0.05) is 0 Å². The molecule has 0 saturated carbocycles. The van der Waals surface area contributed by atoms with Gasteiger partial charge in [0.2, 0.25) is 0 Å². The van der Waals surface area contributed by atoms with Crippen LogP contribution < -0.4 is 24.8 Å². The van der Waals surface area contributed by atoms with Crippen LogP contribution in [0.3, 0.4) is 0 Å². The van der Waals surface area contributed by atoms with Crippen molar-refractivity contribution in [1.82, 2.24) is 0 Å². The van der Waals surface area contributed by atoms with Crippen LogP contribution in [0, 0.1) is 12.8 Å². The van der Waals surface area contributed by atoms with Crippen molar-refractivity contribution in [2.45, 2.75) is 58.3 Å². The molecule has 2 unspecified atom stereocenters. The minimum Gasteiger partial charge on any atom is -1.00 e. The molecule has 0 amide bonds. The van der Waals surface area contributed by atoms with Crippen LogP contribution in [-0.4, -0.2) is 5.43 Å². The Morgan fingerprint density at radius 1 is 0.750 bits per heavy atom. The maximum atomic E-state index is 2.61. The van der Waals surface area contributed by atoms with E-state index in [9.17, 15) is 0 Å². The maximum Gasteiger partial charge on any atom is -1.00 e. The summed E-state index contributed by atoms with van der Waals surface area (Å²) in [4.78, 5) is 0. The van der Waals surface area contributed by atoms with Gasteiger partial charge in [-0.2, -0.15) is 0 Å². The Balaban J connectivity index is 0.00000181. The number of benzene rings is 2. The van der Waals surface area contributed by atoms with Crippen LogP contribution in [0.2, 0.25) is 13.1 Å². The fourth-order valence-electron chi connectivity index (χ4n) is 5.71. The molecule has 4 heteroatoms. The molecular weight excluding hydrogens is 527 g/mol. The van der Waals surface area contributed by atoms with Crippen LogP contribution in [0.4, 0.5) is 0 Å². The minimum atomic E-state index is -1.96. The zero-order chi connectivity index (χ0) is 21.7. The summed E-state index contributed by atoms with van der Waals surface area (Å²) in [5.41, 5.74) is 13.7. The molecule has 0 aromatic heterocycles. The van der Waals surface area contributed by atoms with Gasteiger partial charge in [-0.3, -0.25) is 0 Å². The second kappa shape index (κ2) is 10.7. The van der Waals surface area contributed by atoms with Gasteiger partial charge in [0, 0.05) is 0 Å². The van der Waals surface area contributed by atoms with Crippen LogP contribution >= 0.6 is 0 Å². The van der Waals surface area contributed by atoms with Crippen LogP contribution in [0.1, 0.15) is 60.5 Å². The van der Waals surface area contributed by atoms with Crippen molar-refractivity contribution in [1.29, 1.82) is 0 Å². The summed E-state index contributed by atoms with van der Waals surface area (Å²) >= 11 is -1.96. The van der Waals surface area contributed by atoms with Crippen LogP contribution in [0.5, 0.6) is 0 Å². The predicted octanol–water partition coefficient (Wildman–Crippen LogP) is 2.01. The van der Waals surface area contributed by atoms with Crippen molar-refractivity contribution in [3.05, 3.63) is 96.4 Å². The molecule has 32 heavy (non-hydrogen) atoms. The molecule has 0 spiro atoms. The molecule has 2 atom stereocenters. The molecule has 0 nitrogen and oxygen atoms in total. The van der Waals surface area contributed by atoms with Gasteiger partial charge in [0.1, 0.15) is 0 Å². The first-order chi connectivity index (χ1) is 14.3. The molecule has 2 aromatic rings. The summed E-state index contributed by atoms with van der Waals surface area (Å²) in [6, 6.07) is 18.2. The van der Waals surface area contributed by atoms with Crippen molar-refractivity contribution in [3.8, 4) is 0 Å². The Hall–Kier alpha value is -0.660. The summed E-state index contributed by atoms with van der Waals surface area (Å²) < 4.78 is 2.60. The Morgan fingerprint density at radius 2 is 1.38 bits per heavy atom. The number of allylic oxidation sites excluding steroid dienone is 5. The third-order valence-corrected chi connectivity index (χ3v) is 26.5. The first-order valence-corrected chi connectivity index (χ1v) is 20.0. The van der Waals surface area contributed by atoms with Crippen molar-refractivity contribution in [3.63, 3.8) is 0 Å². The second-order valence-corrected chi connectivity index (χ2v) is 26.7. The third-order valence-electron chi connectivity index (χ3n) is 7.51. The first kappa shape index (κ1) is 27.6. The number of hydrogen-bond acceptors (Lipinski definition) is 0. The van der Waals surface area contributed by atoms with Gasteiger partial charge in [-0.25, -0.2) is 0 Å². The summed E-state index contributed by atoms with van der Waals surface area (Å²) in [7, 11) is 0. The van der Waals surface area contributed by atoms with E-state index in [0.29, 0.717) is 9.54 Å². The first-order valence-electron chi connectivity index (χ1n) is 11.2.